The zero-order valence-corrected chi connectivity index (χ0v) is 22.2. The Morgan fingerprint density at radius 3 is 2.54 bits per heavy atom. The van der Waals surface area contributed by atoms with E-state index >= 15 is 0 Å². The lowest BCUT2D eigenvalue weighted by atomic mass is 9.98. The van der Waals surface area contributed by atoms with Crippen LogP contribution in [-0.4, -0.2) is 90.0 Å². The molecular weight excluding hydrogens is 488 g/mol. The van der Waals surface area contributed by atoms with Gasteiger partial charge in [-0.05, 0) is 31.2 Å². The number of anilines is 1. The Morgan fingerprint density at radius 1 is 1.23 bits per heavy atom. The van der Waals surface area contributed by atoms with Gasteiger partial charge < -0.3 is 15.3 Å². The Labute approximate surface area is 211 Å². The first-order chi connectivity index (χ1) is 16.5. The Kier molecular flexibility index (Phi) is 7.49. The molecule has 2 aromatic heterocycles. The van der Waals surface area contributed by atoms with E-state index in [1.54, 1.807) is 43.8 Å². The van der Waals surface area contributed by atoms with Crippen molar-refractivity contribution in [2.75, 3.05) is 44.2 Å². The molecule has 2 fully saturated rings. The topological polar surface area (TPSA) is 119 Å². The second-order valence-electron chi connectivity index (χ2n) is 9.95. The standard InChI is InChI=1S/C23H34N6O4S2/c1-16(2)20-21(30)24-7-8-27(20)14-18-15-28(35(32,33)19-6-5-11-34-19)9-10-29(18)22-25-12-17(13-26-22)23(3,4)31/h5-6,11-13,16,18,20,31H,7-10,14-15H2,1-4H3,(H,24,30)/t18-,20?/m0/s1. The minimum atomic E-state index is -3.61. The Morgan fingerprint density at radius 2 is 1.94 bits per heavy atom. The number of sulfonamides is 1. The average molecular weight is 523 g/mol. The molecule has 4 rings (SSSR count). The van der Waals surface area contributed by atoms with Gasteiger partial charge in [0.05, 0.1) is 17.7 Å². The van der Waals surface area contributed by atoms with Gasteiger partial charge in [-0.2, -0.15) is 4.31 Å². The van der Waals surface area contributed by atoms with Gasteiger partial charge in [0.1, 0.15) is 4.21 Å². The van der Waals surface area contributed by atoms with Crippen LogP contribution in [0, 0.1) is 5.92 Å². The number of thiophene rings is 1. The summed E-state index contributed by atoms with van der Waals surface area (Å²) in [5.41, 5.74) is -0.457. The summed E-state index contributed by atoms with van der Waals surface area (Å²) >= 11 is 1.21. The fourth-order valence-electron chi connectivity index (χ4n) is 4.72. The molecule has 2 saturated heterocycles. The van der Waals surface area contributed by atoms with Crippen LogP contribution in [0.5, 0.6) is 0 Å². The summed E-state index contributed by atoms with van der Waals surface area (Å²) in [6, 6.07) is 2.83. The zero-order valence-electron chi connectivity index (χ0n) is 20.6. The summed E-state index contributed by atoms with van der Waals surface area (Å²) < 4.78 is 28.4. The van der Waals surface area contributed by atoms with Crippen molar-refractivity contribution in [3.8, 4) is 0 Å². The number of nitrogens with zero attached hydrogens (tertiary/aromatic N) is 5. The lowest BCUT2D eigenvalue weighted by Crippen LogP contribution is -2.64. The van der Waals surface area contributed by atoms with E-state index in [0.717, 1.165) is 0 Å². The third-order valence-corrected chi connectivity index (χ3v) is 9.81. The first-order valence-electron chi connectivity index (χ1n) is 11.9. The molecule has 0 saturated carbocycles. The molecule has 1 amide bonds. The molecule has 2 aliphatic rings. The quantitative estimate of drug-likeness (QED) is 0.555. The number of hydrogen-bond donors (Lipinski definition) is 2. The number of aromatic nitrogens is 2. The van der Waals surface area contributed by atoms with Crippen molar-refractivity contribution < 1.29 is 18.3 Å². The lowest BCUT2D eigenvalue weighted by Gasteiger charge is -2.45. The van der Waals surface area contributed by atoms with Gasteiger partial charge in [0.15, 0.2) is 0 Å². The Hall–Kier alpha value is -2.12. The summed E-state index contributed by atoms with van der Waals surface area (Å²) in [5.74, 6) is 0.599. The van der Waals surface area contributed by atoms with E-state index in [0.29, 0.717) is 48.4 Å². The molecular formula is C23H34N6O4S2. The number of aliphatic hydroxyl groups is 1. The SMILES string of the molecule is CC(C)C1C(=O)NCCN1C[C@H]1CN(S(=O)(=O)c2cccs2)CCN1c1ncc(C(C)(C)O)cn1. The fourth-order valence-corrected chi connectivity index (χ4v) is 7.33. The Bertz CT molecular complexity index is 1120. The van der Waals surface area contributed by atoms with Gasteiger partial charge in [0.2, 0.25) is 11.9 Å². The molecule has 2 aromatic rings. The van der Waals surface area contributed by atoms with Crippen LogP contribution >= 0.6 is 11.3 Å². The molecule has 2 aliphatic heterocycles. The highest BCUT2D eigenvalue weighted by atomic mass is 32.2. The third kappa shape index (κ3) is 5.51. The molecule has 0 radical (unpaired) electrons. The van der Waals surface area contributed by atoms with Crippen LogP contribution < -0.4 is 10.2 Å². The second-order valence-corrected chi connectivity index (χ2v) is 13.1. The van der Waals surface area contributed by atoms with Gasteiger partial charge in [0, 0.05) is 57.2 Å². The van der Waals surface area contributed by atoms with E-state index in [-0.39, 0.29) is 30.5 Å². The van der Waals surface area contributed by atoms with Crippen molar-refractivity contribution in [1.82, 2.24) is 24.5 Å². The number of hydrogen-bond acceptors (Lipinski definition) is 9. The van der Waals surface area contributed by atoms with Gasteiger partial charge >= 0.3 is 0 Å². The lowest BCUT2D eigenvalue weighted by molar-refractivity contribution is -0.130. The maximum Gasteiger partial charge on any atom is 0.252 e. The molecule has 35 heavy (non-hydrogen) atoms. The van der Waals surface area contributed by atoms with E-state index in [1.165, 1.54) is 15.6 Å². The molecule has 0 aliphatic carbocycles. The smallest absolute Gasteiger partial charge is 0.252 e. The molecule has 0 spiro atoms. The van der Waals surface area contributed by atoms with Gasteiger partial charge in [-0.15, -0.1) is 11.3 Å². The Balaban J connectivity index is 1.63. The number of piperazine rings is 2. The molecule has 2 N–H and O–H groups in total. The van der Waals surface area contributed by atoms with E-state index in [1.807, 2.05) is 18.7 Å². The van der Waals surface area contributed by atoms with Crippen molar-refractivity contribution in [3.63, 3.8) is 0 Å². The fraction of sp³-hybridized carbons (Fsp3) is 0.609. The monoisotopic (exact) mass is 522 g/mol. The van der Waals surface area contributed by atoms with Crippen molar-refractivity contribution in [2.45, 2.75) is 49.6 Å². The van der Waals surface area contributed by atoms with E-state index in [9.17, 15) is 18.3 Å². The highest BCUT2D eigenvalue weighted by Crippen LogP contribution is 2.27. The van der Waals surface area contributed by atoms with Crippen molar-refractivity contribution >= 4 is 33.2 Å². The van der Waals surface area contributed by atoms with Crippen LogP contribution in [0.1, 0.15) is 33.3 Å². The first-order valence-corrected chi connectivity index (χ1v) is 14.2. The van der Waals surface area contributed by atoms with Gasteiger partial charge in [-0.3, -0.25) is 9.69 Å². The molecule has 10 nitrogen and oxygen atoms in total. The number of nitrogens with one attached hydrogen (secondary N) is 1. The molecule has 12 heteroatoms. The van der Waals surface area contributed by atoms with Crippen LogP contribution in [0.4, 0.5) is 5.95 Å². The number of rotatable bonds is 7. The van der Waals surface area contributed by atoms with Crippen molar-refractivity contribution in [2.24, 2.45) is 5.92 Å². The minimum Gasteiger partial charge on any atom is -0.386 e. The number of amides is 1. The van der Waals surface area contributed by atoms with Crippen LogP contribution in [0.3, 0.4) is 0 Å². The summed E-state index contributed by atoms with van der Waals surface area (Å²) in [5, 5.41) is 15.0. The maximum absolute atomic E-state index is 13.3. The third-order valence-electron chi connectivity index (χ3n) is 6.57. The minimum absolute atomic E-state index is 0.00227. The highest BCUT2D eigenvalue weighted by molar-refractivity contribution is 7.91. The second kappa shape index (κ2) is 10.1. The normalized spacial score (nSPS) is 23.0. The zero-order chi connectivity index (χ0) is 25.4. The molecule has 192 valence electrons. The first kappa shape index (κ1) is 26.0. The van der Waals surface area contributed by atoms with Crippen LogP contribution in [0.25, 0.3) is 0 Å². The largest absolute Gasteiger partial charge is 0.386 e. The summed E-state index contributed by atoms with van der Waals surface area (Å²) in [6.07, 6.45) is 3.22. The van der Waals surface area contributed by atoms with Gasteiger partial charge in [0.25, 0.3) is 10.0 Å². The van der Waals surface area contributed by atoms with Crippen molar-refractivity contribution in [1.29, 1.82) is 0 Å². The van der Waals surface area contributed by atoms with E-state index in [4.69, 9.17) is 0 Å². The van der Waals surface area contributed by atoms with E-state index in [2.05, 4.69) is 20.2 Å². The predicted molar refractivity (Wildman–Crippen MR) is 135 cm³/mol. The van der Waals surface area contributed by atoms with Crippen LogP contribution in [0.15, 0.2) is 34.1 Å². The highest BCUT2D eigenvalue weighted by Gasteiger charge is 2.40. The number of carbonyl (C=O) groups is 1. The molecule has 0 bridgehead atoms. The average Bonchev–Trinajstić information content (AvgIpc) is 3.34. The summed E-state index contributed by atoms with van der Waals surface area (Å²) in [6.45, 7) is 10.1. The van der Waals surface area contributed by atoms with Crippen molar-refractivity contribution in [3.05, 3.63) is 35.5 Å². The molecule has 2 atom stereocenters. The predicted octanol–water partition coefficient (Wildman–Crippen LogP) is 1.10. The number of carbonyl (C=O) groups excluding carboxylic acids is 1. The molecule has 0 aromatic carbocycles. The van der Waals surface area contributed by atoms with Gasteiger partial charge in [-0.25, -0.2) is 18.4 Å². The molecule has 1 unspecified atom stereocenters. The van der Waals surface area contributed by atoms with E-state index < -0.39 is 15.6 Å². The summed E-state index contributed by atoms with van der Waals surface area (Å²) in [4.78, 5) is 25.8. The summed E-state index contributed by atoms with van der Waals surface area (Å²) in [7, 11) is -3.61. The maximum atomic E-state index is 13.3. The van der Waals surface area contributed by atoms with Gasteiger partial charge in [-0.1, -0.05) is 19.9 Å². The van der Waals surface area contributed by atoms with Crippen LogP contribution in [-0.2, 0) is 20.4 Å². The molecule has 4 heterocycles. The van der Waals surface area contributed by atoms with Crippen LogP contribution in [0.2, 0.25) is 0 Å².